The van der Waals surface area contributed by atoms with E-state index in [-0.39, 0.29) is 24.6 Å². The van der Waals surface area contributed by atoms with Gasteiger partial charge < -0.3 is 9.67 Å². The van der Waals surface area contributed by atoms with Crippen LogP contribution in [-0.2, 0) is 11.3 Å². The lowest BCUT2D eigenvalue weighted by molar-refractivity contribution is -0.136. The highest BCUT2D eigenvalue weighted by Gasteiger charge is 2.26. The topological polar surface area (TPSA) is 68.0 Å². The Kier molecular flexibility index (Phi) is 5.85. The number of hydrogen-bond acceptors (Lipinski definition) is 4. The summed E-state index contributed by atoms with van der Waals surface area (Å²) < 4.78 is 38.1. The summed E-state index contributed by atoms with van der Waals surface area (Å²) in [7, 11) is 0. The molecule has 0 unspecified atom stereocenters. The van der Waals surface area contributed by atoms with Crippen LogP contribution in [0.2, 0.25) is 0 Å². The van der Waals surface area contributed by atoms with Gasteiger partial charge in [0.1, 0.15) is 5.82 Å². The summed E-state index contributed by atoms with van der Waals surface area (Å²) in [5.41, 5.74) is 0. The zero-order valence-corrected chi connectivity index (χ0v) is 12.0. The first-order chi connectivity index (χ1) is 9.20. The number of carbonyl (C=O) groups is 1. The van der Waals surface area contributed by atoms with E-state index in [0.29, 0.717) is 11.0 Å². The van der Waals surface area contributed by atoms with Gasteiger partial charge in [0.15, 0.2) is 5.16 Å². The molecule has 114 valence electrons. The third-order valence-corrected chi connectivity index (χ3v) is 3.38. The molecule has 0 radical (unpaired) electrons. The second-order valence-electron chi connectivity index (χ2n) is 4.55. The molecule has 0 bridgehead atoms. The fourth-order valence-electron chi connectivity index (χ4n) is 1.61. The van der Waals surface area contributed by atoms with E-state index in [2.05, 4.69) is 10.2 Å². The van der Waals surface area contributed by atoms with Crippen LogP contribution in [0.3, 0.4) is 0 Å². The summed E-state index contributed by atoms with van der Waals surface area (Å²) in [6.45, 7) is 3.84. The number of carboxylic acid groups (broad SMARTS) is 1. The summed E-state index contributed by atoms with van der Waals surface area (Å²) in [6, 6.07) is 0. The molecule has 9 heteroatoms. The van der Waals surface area contributed by atoms with Crippen molar-refractivity contribution in [3.63, 3.8) is 0 Å². The van der Waals surface area contributed by atoms with E-state index in [0.717, 1.165) is 11.8 Å². The average Bonchev–Trinajstić information content (AvgIpc) is 2.68. The van der Waals surface area contributed by atoms with Crippen molar-refractivity contribution in [1.82, 2.24) is 14.8 Å². The Hall–Kier alpha value is -1.25. The summed E-state index contributed by atoms with van der Waals surface area (Å²) >= 11 is 0.960. The molecule has 0 spiro atoms. The van der Waals surface area contributed by atoms with Gasteiger partial charge in [-0.2, -0.15) is 13.2 Å². The highest BCUT2D eigenvalue weighted by molar-refractivity contribution is 7.99. The van der Waals surface area contributed by atoms with E-state index in [1.54, 1.807) is 4.57 Å². The van der Waals surface area contributed by atoms with Crippen molar-refractivity contribution in [3.8, 4) is 0 Å². The van der Waals surface area contributed by atoms with Crippen LogP contribution in [0.4, 0.5) is 13.2 Å². The van der Waals surface area contributed by atoms with Gasteiger partial charge in [-0.3, -0.25) is 4.79 Å². The fraction of sp³-hybridized carbons (Fsp3) is 0.727. The molecule has 5 nitrogen and oxygen atoms in total. The highest BCUT2D eigenvalue weighted by atomic mass is 32.2. The van der Waals surface area contributed by atoms with Crippen LogP contribution >= 0.6 is 11.8 Å². The molecular weight excluding hydrogens is 295 g/mol. The van der Waals surface area contributed by atoms with Crippen molar-refractivity contribution in [3.05, 3.63) is 5.82 Å². The predicted molar refractivity (Wildman–Crippen MR) is 67.8 cm³/mol. The van der Waals surface area contributed by atoms with Crippen LogP contribution in [-0.4, -0.2) is 37.8 Å². The lowest BCUT2D eigenvalue weighted by Gasteiger charge is -2.12. The average molecular weight is 311 g/mol. The minimum absolute atomic E-state index is 0.00700. The quantitative estimate of drug-likeness (QED) is 0.784. The Morgan fingerprint density at radius 3 is 2.55 bits per heavy atom. The standard InChI is InChI=1S/C11H16F3N3O2S/c1-7(2)9-15-16-10(20-6-8(18)19)17(9)5-3-4-11(12,13)14/h7H,3-6H2,1-2H3,(H,18,19). The van der Waals surface area contributed by atoms with Gasteiger partial charge in [0, 0.05) is 18.9 Å². The van der Waals surface area contributed by atoms with Gasteiger partial charge in [-0.1, -0.05) is 25.6 Å². The van der Waals surface area contributed by atoms with E-state index in [9.17, 15) is 18.0 Å². The minimum Gasteiger partial charge on any atom is -0.481 e. The third kappa shape index (κ3) is 5.40. The van der Waals surface area contributed by atoms with E-state index >= 15 is 0 Å². The number of nitrogens with zero attached hydrogens (tertiary/aromatic N) is 3. The monoisotopic (exact) mass is 311 g/mol. The number of thioether (sulfide) groups is 1. The summed E-state index contributed by atoms with van der Waals surface area (Å²) in [5.74, 6) is -0.631. The molecule has 0 aromatic carbocycles. The molecule has 1 N–H and O–H groups in total. The van der Waals surface area contributed by atoms with Gasteiger partial charge in [0.2, 0.25) is 0 Å². The molecule has 1 rings (SSSR count). The van der Waals surface area contributed by atoms with E-state index in [4.69, 9.17) is 5.11 Å². The van der Waals surface area contributed by atoms with Crippen molar-refractivity contribution in [1.29, 1.82) is 0 Å². The maximum atomic E-state index is 12.2. The van der Waals surface area contributed by atoms with E-state index in [1.165, 1.54) is 0 Å². The number of alkyl halides is 3. The van der Waals surface area contributed by atoms with Crippen LogP contribution in [0, 0.1) is 0 Å². The van der Waals surface area contributed by atoms with Crippen LogP contribution in [0.15, 0.2) is 5.16 Å². The molecule has 0 atom stereocenters. The van der Waals surface area contributed by atoms with Gasteiger partial charge in [0.25, 0.3) is 0 Å². The molecular formula is C11H16F3N3O2S. The first kappa shape index (κ1) is 16.8. The minimum atomic E-state index is -4.19. The van der Waals surface area contributed by atoms with Crippen LogP contribution in [0.1, 0.15) is 38.4 Å². The Morgan fingerprint density at radius 1 is 1.40 bits per heavy atom. The van der Waals surface area contributed by atoms with Gasteiger partial charge >= 0.3 is 12.1 Å². The Bertz CT molecular complexity index is 460. The van der Waals surface area contributed by atoms with Crippen molar-refractivity contribution < 1.29 is 23.1 Å². The van der Waals surface area contributed by atoms with Gasteiger partial charge in [0.05, 0.1) is 5.75 Å². The van der Waals surface area contributed by atoms with Crippen molar-refractivity contribution in [2.24, 2.45) is 0 Å². The number of aromatic nitrogens is 3. The van der Waals surface area contributed by atoms with Gasteiger partial charge in [-0.05, 0) is 6.42 Å². The number of rotatable bonds is 7. The zero-order valence-electron chi connectivity index (χ0n) is 11.1. The molecule has 0 aliphatic heterocycles. The molecule has 0 fully saturated rings. The van der Waals surface area contributed by atoms with Crippen LogP contribution in [0.5, 0.6) is 0 Å². The first-order valence-electron chi connectivity index (χ1n) is 6.05. The molecule has 0 aliphatic carbocycles. The van der Waals surface area contributed by atoms with E-state index in [1.807, 2.05) is 13.8 Å². The number of carboxylic acids is 1. The number of halogens is 3. The van der Waals surface area contributed by atoms with Gasteiger partial charge in [-0.15, -0.1) is 10.2 Å². The lowest BCUT2D eigenvalue weighted by Crippen LogP contribution is -2.12. The van der Waals surface area contributed by atoms with Gasteiger partial charge in [-0.25, -0.2) is 0 Å². The Balaban J connectivity index is 2.77. The van der Waals surface area contributed by atoms with Crippen molar-refractivity contribution >= 4 is 17.7 Å². The second-order valence-corrected chi connectivity index (χ2v) is 5.49. The second kappa shape index (κ2) is 6.96. The maximum Gasteiger partial charge on any atom is 0.389 e. The maximum absolute atomic E-state index is 12.2. The normalized spacial score (nSPS) is 12.1. The zero-order chi connectivity index (χ0) is 15.3. The largest absolute Gasteiger partial charge is 0.481 e. The number of hydrogen-bond donors (Lipinski definition) is 1. The summed E-state index contributed by atoms with van der Waals surface area (Å²) in [5, 5.41) is 16.8. The fourth-order valence-corrected chi connectivity index (χ4v) is 2.30. The molecule has 20 heavy (non-hydrogen) atoms. The number of aliphatic carboxylic acids is 1. The van der Waals surface area contributed by atoms with Crippen molar-refractivity contribution in [2.75, 3.05) is 5.75 Å². The van der Waals surface area contributed by atoms with Crippen molar-refractivity contribution in [2.45, 2.75) is 50.5 Å². The molecule has 1 heterocycles. The highest BCUT2D eigenvalue weighted by Crippen LogP contribution is 2.25. The summed E-state index contributed by atoms with van der Waals surface area (Å²) in [6.07, 6.45) is -5.16. The molecule has 1 aromatic rings. The smallest absolute Gasteiger partial charge is 0.389 e. The Labute approximate surface area is 118 Å². The molecule has 0 amide bonds. The van der Waals surface area contributed by atoms with Crippen LogP contribution < -0.4 is 0 Å². The van der Waals surface area contributed by atoms with Crippen LogP contribution in [0.25, 0.3) is 0 Å². The molecule has 0 saturated heterocycles. The van der Waals surface area contributed by atoms with E-state index < -0.39 is 18.6 Å². The summed E-state index contributed by atoms with van der Waals surface area (Å²) in [4.78, 5) is 10.5. The third-order valence-electron chi connectivity index (χ3n) is 2.43. The first-order valence-corrected chi connectivity index (χ1v) is 7.03. The lowest BCUT2D eigenvalue weighted by atomic mass is 10.2. The molecule has 1 aromatic heterocycles. The Morgan fingerprint density at radius 2 is 2.05 bits per heavy atom. The predicted octanol–water partition coefficient (Wildman–Crippen LogP) is 2.92. The molecule has 0 aliphatic rings. The SMILES string of the molecule is CC(C)c1nnc(SCC(=O)O)n1CCCC(F)(F)F. The molecule has 0 saturated carbocycles.